The fourth-order valence-corrected chi connectivity index (χ4v) is 3.04. The Morgan fingerprint density at radius 1 is 1.14 bits per heavy atom. The maximum atomic E-state index is 10.8. The van der Waals surface area contributed by atoms with Gasteiger partial charge in [0.1, 0.15) is 5.78 Å². The lowest BCUT2D eigenvalue weighted by molar-refractivity contribution is -0.121. The molecule has 0 aromatic heterocycles. The van der Waals surface area contributed by atoms with Crippen molar-refractivity contribution in [3.8, 4) is 0 Å². The lowest BCUT2D eigenvalue weighted by Gasteiger charge is -2.19. The Kier molecular flexibility index (Phi) is 9.71. The highest BCUT2D eigenvalue weighted by molar-refractivity contribution is 14.0. The zero-order valence-electron chi connectivity index (χ0n) is 13.5. The van der Waals surface area contributed by atoms with Crippen LogP contribution in [0.25, 0.3) is 0 Å². The van der Waals surface area contributed by atoms with Gasteiger partial charge >= 0.3 is 0 Å². The number of para-hydroxylation sites is 1. The van der Waals surface area contributed by atoms with Crippen molar-refractivity contribution in [2.24, 2.45) is 5.92 Å². The molecule has 1 aliphatic heterocycles. The van der Waals surface area contributed by atoms with Gasteiger partial charge in [0.15, 0.2) is 0 Å². The van der Waals surface area contributed by atoms with E-state index in [1.165, 1.54) is 31.4 Å². The van der Waals surface area contributed by atoms with Crippen molar-refractivity contribution in [3.05, 3.63) is 30.3 Å². The molecule has 2 fully saturated rings. The van der Waals surface area contributed by atoms with Crippen LogP contribution in [0.4, 0.5) is 5.69 Å². The van der Waals surface area contributed by atoms with Gasteiger partial charge in [-0.05, 0) is 51.3 Å². The third-order valence-electron chi connectivity index (χ3n) is 4.37. The molecule has 0 bridgehead atoms. The summed E-state index contributed by atoms with van der Waals surface area (Å²) in [6.45, 7) is 3.66. The molecule has 4 heteroatoms. The second-order valence-corrected chi connectivity index (χ2v) is 6.15. The summed E-state index contributed by atoms with van der Waals surface area (Å²) in [4.78, 5) is 10.8. The highest BCUT2D eigenvalue weighted by atomic mass is 127. The van der Waals surface area contributed by atoms with Crippen LogP contribution < -0.4 is 10.6 Å². The number of halogens is 1. The summed E-state index contributed by atoms with van der Waals surface area (Å²) >= 11 is 0. The van der Waals surface area contributed by atoms with Gasteiger partial charge in [0.2, 0.25) is 0 Å². The Balaban J connectivity index is 0. The Bertz CT molecular complexity index is 422. The maximum Gasteiger partial charge on any atom is 0.134 e. The van der Waals surface area contributed by atoms with Crippen molar-refractivity contribution >= 4 is 35.4 Å². The predicted molar refractivity (Wildman–Crippen MR) is 108 cm³/mol. The Morgan fingerprint density at radius 3 is 2.32 bits per heavy atom. The fourth-order valence-electron chi connectivity index (χ4n) is 3.04. The number of hydrogen-bond acceptors (Lipinski definition) is 3. The van der Waals surface area contributed by atoms with E-state index in [0.29, 0.717) is 11.7 Å². The summed E-state index contributed by atoms with van der Waals surface area (Å²) in [5.41, 5.74) is 1.27. The van der Waals surface area contributed by atoms with E-state index in [-0.39, 0.29) is 26.8 Å². The highest BCUT2D eigenvalue weighted by Gasteiger charge is 2.16. The first kappa shape index (κ1) is 19.4. The molecule has 0 spiro atoms. The number of carbonyl (C=O) groups is 1. The van der Waals surface area contributed by atoms with Gasteiger partial charge in [0, 0.05) is 27.0 Å². The zero-order chi connectivity index (χ0) is 14.9. The summed E-state index contributed by atoms with van der Waals surface area (Å²) in [7, 11) is 0. The largest absolute Gasteiger partial charge is 0.382 e. The van der Waals surface area contributed by atoms with Crippen LogP contribution in [0.1, 0.15) is 48.3 Å². The summed E-state index contributed by atoms with van der Waals surface area (Å²) in [5.74, 6) is 0.640. The fraction of sp³-hybridized carbons (Fsp3) is 0.611. The number of nitrogens with one attached hydrogen (secondary N) is 2. The predicted octanol–water partition coefficient (Wildman–Crippen LogP) is 4.73. The Morgan fingerprint density at radius 2 is 1.82 bits per heavy atom. The first-order chi connectivity index (χ1) is 10.3. The number of benzene rings is 1. The molecular weight excluding hydrogens is 387 g/mol. The van der Waals surface area contributed by atoms with Crippen molar-refractivity contribution in [1.82, 2.24) is 5.32 Å². The first-order valence-corrected chi connectivity index (χ1v) is 8.28. The Labute approximate surface area is 154 Å². The maximum absolute atomic E-state index is 10.8. The van der Waals surface area contributed by atoms with E-state index in [9.17, 15) is 4.79 Å². The van der Waals surface area contributed by atoms with E-state index >= 15 is 0 Å². The summed E-state index contributed by atoms with van der Waals surface area (Å²) in [6.07, 6.45) is 7.71. The smallest absolute Gasteiger partial charge is 0.134 e. The zero-order valence-corrected chi connectivity index (χ0v) is 15.8. The summed E-state index contributed by atoms with van der Waals surface area (Å²) in [5, 5.41) is 6.74. The Hall–Kier alpha value is -0.620. The quantitative estimate of drug-likeness (QED) is 0.695. The molecule has 1 heterocycles. The molecule has 3 rings (SSSR count). The molecule has 0 amide bonds. The minimum absolute atomic E-state index is 0. The number of ketones is 1. The van der Waals surface area contributed by atoms with Crippen molar-refractivity contribution < 1.29 is 7.65 Å². The van der Waals surface area contributed by atoms with Crippen LogP contribution in [-0.2, 0) is 4.79 Å². The number of piperidine rings is 1. The van der Waals surface area contributed by atoms with Crippen LogP contribution in [-0.4, -0.2) is 24.9 Å². The van der Waals surface area contributed by atoms with Gasteiger partial charge < -0.3 is 10.6 Å². The monoisotopic (exact) mass is 420 g/mol. The molecule has 0 unspecified atom stereocenters. The van der Waals surface area contributed by atoms with Crippen LogP contribution in [0.3, 0.4) is 0 Å². The number of Topliss-reactive ketones (excluding diaryl/α,β-unsaturated/α-hetero) is 1. The molecule has 0 radical (unpaired) electrons. The van der Waals surface area contributed by atoms with Gasteiger partial charge in [-0.15, -0.1) is 24.0 Å². The normalized spacial score (nSPS) is 21.2. The minimum Gasteiger partial charge on any atom is -0.382 e. The van der Waals surface area contributed by atoms with E-state index in [0.717, 1.165) is 32.0 Å². The number of hydrogen-bond donors (Lipinski definition) is 2. The molecule has 1 saturated carbocycles. The summed E-state index contributed by atoms with van der Waals surface area (Å²) in [6, 6.07) is 11.2. The number of anilines is 1. The van der Waals surface area contributed by atoms with Crippen LogP contribution in [0.5, 0.6) is 0 Å². The molecule has 2 aliphatic rings. The lowest BCUT2D eigenvalue weighted by atomic mass is 9.96. The third kappa shape index (κ3) is 7.09. The van der Waals surface area contributed by atoms with E-state index in [2.05, 4.69) is 41.0 Å². The van der Waals surface area contributed by atoms with Gasteiger partial charge in [0.05, 0.1) is 0 Å². The van der Waals surface area contributed by atoms with Gasteiger partial charge in [0.25, 0.3) is 0 Å². The minimum atomic E-state index is 0. The molecule has 3 nitrogen and oxygen atoms in total. The lowest BCUT2D eigenvalue weighted by Crippen LogP contribution is -2.33. The molecular formula is C18H33IN2O. The SMILES string of the molecule is CC(=O)[C@H]1CCCNC1.I.[HH].[HH].c1ccc(NC2CCCC2)cc1. The van der Waals surface area contributed by atoms with Gasteiger partial charge in [-0.25, -0.2) is 0 Å². The van der Waals surface area contributed by atoms with E-state index in [1.54, 1.807) is 6.92 Å². The van der Waals surface area contributed by atoms with Gasteiger partial charge in [-0.2, -0.15) is 0 Å². The van der Waals surface area contributed by atoms with Crippen LogP contribution in [0, 0.1) is 5.92 Å². The van der Waals surface area contributed by atoms with Crippen molar-refractivity contribution in [2.75, 3.05) is 18.4 Å². The third-order valence-corrected chi connectivity index (χ3v) is 4.37. The molecule has 1 aromatic carbocycles. The molecule has 1 atom stereocenters. The van der Waals surface area contributed by atoms with E-state index in [4.69, 9.17) is 0 Å². The van der Waals surface area contributed by atoms with Crippen LogP contribution in [0.2, 0.25) is 0 Å². The molecule has 22 heavy (non-hydrogen) atoms. The number of rotatable bonds is 3. The second kappa shape index (κ2) is 11.0. The standard InChI is InChI=1S/C11H15N.C7H13NO.HI.2H2/c1-2-6-10(7-3-1)12-11-8-4-5-9-11;1-6(9)7-3-2-4-8-5-7;;;/h1-3,6-7,11-12H,4-5,8-9H2;7-8H,2-5H2,1H3;3*1H/t;7-;;;/m.0.../s1. The van der Waals surface area contributed by atoms with E-state index < -0.39 is 0 Å². The molecule has 1 aliphatic carbocycles. The van der Waals surface area contributed by atoms with Crippen molar-refractivity contribution in [2.45, 2.75) is 51.5 Å². The molecule has 128 valence electrons. The van der Waals surface area contributed by atoms with Crippen molar-refractivity contribution in [3.63, 3.8) is 0 Å². The highest BCUT2D eigenvalue weighted by Crippen LogP contribution is 2.21. The molecule has 1 aromatic rings. The van der Waals surface area contributed by atoms with Crippen molar-refractivity contribution in [1.29, 1.82) is 0 Å². The van der Waals surface area contributed by atoms with Crippen LogP contribution >= 0.6 is 24.0 Å². The average molecular weight is 420 g/mol. The molecule has 1 saturated heterocycles. The number of carbonyl (C=O) groups excluding carboxylic acids is 1. The second-order valence-electron chi connectivity index (χ2n) is 6.15. The average Bonchev–Trinajstić information content (AvgIpc) is 3.03. The van der Waals surface area contributed by atoms with E-state index in [1.807, 2.05) is 0 Å². The molecule has 2 N–H and O–H groups in total. The summed E-state index contributed by atoms with van der Waals surface area (Å²) < 4.78 is 0. The van der Waals surface area contributed by atoms with Gasteiger partial charge in [-0.3, -0.25) is 4.79 Å². The first-order valence-electron chi connectivity index (χ1n) is 8.28. The topological polar surface area (TPSA) is 41.1 Å². The van der Waals surface area contributed by atoms with Gasteiger partial charge in [-0.1, -0.05) is 31.0 Å². The van der Waals surface area contributed by atoms with Crippen LogP contribution in [0.15, 0.2) is 30.3 Å².